The Hall–Kier alpha value is -0.860. The molecule has 1 rings (SSSR count). The molecule has 0 saturated carbocycles. The van der Waals surface area contributed by atoms with E-state index in [0.29, 0.717) is 6.61 Å². The molecule has 0 bridgehead atoms. The first-order chi connectivity index (χ1) is 5.75. The molecule has 1 aromatic rings. The zero-order valence-electron chi connectivity index (χ0n) is 7.58. The van der Waals surface area contributed by atoms with Crippen molar-refractivity contribution in [3.05, 3.63) is 35.4 Å². The topological polar surface area (TPSA) is 35.2 Å². The fourth-order valence-electron chi connectivity index (χ4n) is 1.27. The van der Waals surface area contributed by atoms with Crippen LogP contribution in [0.5, 0.6) is 0 Å². The Morgan fingerprint density at radius 3 is 2.67 bits per heavy atom. The van der Waals surface area contributed by atoms with Crippen molar-refractivity contribution >= 4 is 0 Å². The minimum absolute atomic E-state index is 0.0800. The number of methoxy groups -OCH3 is 1. The van der Waals surface area contributed by atoms with Crippen LogP contribution in [-0.2, 0) is 11.3 Å². The number of hydrogen-bond donors (Lipinski definition) is 1. The molecule has 2 heteroatoms. The molecule has 1 unspecified atom stereocenters. The van der Waals surface area contributed by atoms with Crippen molar-refractivity contribution in [1.82, 2.24) is 0 Å². The third-order valence-corrected chi connectivity index (χ3v) is 1.85. The summed E-state index contributed by atoms with van der Waals surface area (Å²) in [6.07, 6.45) is 0. The summed E-state index contributed by atoms with van der Waals surface area (Å²) in [5.74, 6) is 0. The molecule has 1 aromatic carbocycles. The smallest absolute Gasteiger partial charge is 0.0716 e. The molecule has 1 atom stereocenters. The van der Waals surface area contributed by atoms with Gasteiger partial charge in [0, 0.05) is 13.2 Å². The first-order valence-corrected chi connectivity index (χ1v) is 4.08. The van der Waals surface area contributed by atoms with E-state index in [1.54, 1.807) is 7.11 Å². The van der Waals surface area contributed by atoms with Gasteiger partial charge in [0.2, 0.25) is 0 Å². The van der Waals surface area contributed by atoms with Crippen molar-refractivity contribution in [2.24, 2.45) is 5.73 Å². The SMILES string of the molecule is COCc1ccccc1C(C)N. The molecular weight excluding hydrogens is 150 g/mol. The number of rotatable bonds is 3. The fraction of sp³-hybridized carbons (Fsp3) is 0.400. The number of nitrogens with two attached hydrogens (primary N) is 1. The van der Waals surface area contributed by atoms with Crippen molar-refractivity contribution in [3.8, 4) is 0 Å². The highest BCUT2D eigenvalue weighted by Gasteiger charge is 2.04. The molecule has 2 nitrogen and oxygen atoms in total. The van der Waals surface area contributed by atoms with Crippen LogP contribution in [0.1, 0.15) is 24.1 Å². The van der Waals surface area contributed by atoms with Gasteiger partial charge in [-0.05, 0) is 18.1 Å². The second-order valence-electron chi connectivity index (χ2n) is 2.92. The molecule has 0 saturated heterocycles. The lowest BCUT2D eigenvalue weighted by Gasteiger charge is -2.11. The summed E-state index contributed by atoms with van der Waals surface area (Å²) in [7, 11) is 1.69. The predicted molar refractivity (Wildman–Crippen MR) is 49.8 cm³/mol. The standard InChI is InChI=1S/C10H15NO/c1-8(11)10-6-4-3-5-9(10)7-12-2/h3-6,8H,7,11H2,1-2H3. The van der Waals surface area contributed by atoms with Crippen LogP contribution in [0.4, 0.5) is 0 Å². The highest BCUT2D eigenvalue weighted by molar-refractivity contribution is 5.28. The van der Waals surface area contributed by atoms with E-state index in [0.717, 1.165) is 0 Å². The third-order valence-electron chi connectivity index (χ3n) is 1.85. The molecule has 66 valence electrons. The van der Waals surface area contributed by atoms with Gasteiger partial charge in [0.25, 0.3) is 0 Å². The fourth-order valence-corrected chi connectivity index (χ4v) is 1.27. The summed E-state index contributed by atoms with van der Waals surface area (Å²) >= 11 is 0. The molecule has 0 aliphatic carbocycles. The molecule has 0 aliphatic rings. The summed E-state index contributed by atoms with van der Waals surface area (Å²) in [6.45, 7) is 2.62. The summed E-state index contributed by atoms with van der Waals surface area (Å²) in [5, 5.41) is 0. The van der Waals surface area contributed by atoms with Crippen LogP contribution in [-0.4, -0.2) is 7.11 Å². The van der Waals surface area contributed by atoms with E-state index < -0.39 is 0 Å². The zero-order valence-corrected chi connectivity index (χ0v) is 7.58. The molecule has 0 radical (unpaired) electrons. The Balaban J connectivity index is 2.92. The lowest BCUT2D eigenvalue weighted by molar-refractivity contribution is 0.184. The van der Waals surface area contributed by atoms with Crippen LogP contribution in [0.15, 0.2) is 24.3 Å². The van der Waals surface area contributed by atoms with E-state index in [4.69, 9.17) is 10.5 Å². The minimum Gasteiger partial charge on any atom is -0.380 e. The summed E-state index contributed by atoms with van der Waals surface area (Å²) in [6, 6.07) is 8.16. The maximum absolute atomic E-state index is 5.79. The van der Waals surface area contributed by atoms with E-state index in [2.05, 4.69) is 0 Å². The second-order valence-corrected chi connectivity index (χ2v) is 2.92. The normalized spacial score (nSPS) is 12.9. The monoisotopic (exact) mass is 165 g/mol. The van der Waals surface area contributed by atoms with Gasteiger partial charge in [-0.1, -0.05) is 24.3 Å². The molecule has 12 heavy (non-hydrogen) atoms. The van der Waals surface area contributed by atoms with Gasteiger partial charge >= 0.3 is 0 Å². The Kier molecular flexibility index (Phi) is 3.26. The van der Waals surface area contributed by atoms with Crippen molar-refractivity contribution in [3.63, 3.8) is 0 Å². The third kappa shape index (κ3) is 2.06. The van der Waals surface area contributed by atoms with Crippen LogP contribution < -0.4 is 5.73 Å². The van der Waals surface area contributed by atoms with Crippen LogP contribution in [0.2, 0.25) is 0 Å². The van der Waals surface area contributed by atoms with Gasteiger partial charge in [-0.3, -0.25) is 0 Å². The van der Waals surface area contributed by atoms with Gasteiger partial charge < -0.3 is 10.5 Å². The molecular formula is C10H15NO. The lowest BCUT2D eigenvalue weighted by atomic mass is 10.0. The van der Waals surface area contributed by atoms with E-state index in [1.807, 2.05) is 31.2 Å². The molecule has 0 spiro atoms. The predicted octanol–water partition coefficient (Wildman–Crippen LogP) is 1.85. The van der Waals surface area contributed by atoms with Crippen LogP contribution in [0.3, 0.4) is 0 Å². The van der Waals surface area contributed by atoms with Crippen molar-refractivity contribution in [1.29, 1.82) is 0 Å². The molecule has 0 amide bonds. The summed E-state index contributed by atoms with van der Waals surface area (Å²) in [5.41, 5.74) is 8.13. The Labute approximate surface area is 73.3 Å². The maximum atomic E-state index is 5.79. The maximum Gasteiger partial charge on any atom is 0.0716 e. The highest BCUT2D eigenvalue weighted by atomic mass is 16.5. The average Bonchev–Trinajstić information content (AvgIpc) is 2.05. The summed E-state index contributed by atoms with van der Waals surface area (Å²) in [4.78, 5) is 0. The van der Waals surface area contributed by atoms with Gasteiger partial charge in [-0.2, -0.15) is 0 Å². The number of ether oxygens (including phenoxy) is 1. The molecule has 0 aliphatic heterocycles. The van der Waals surface area contributed by atoms with Crippen LogP contribution >= 0.6 is 0 Å². The average molecular weight is 165 g/mol. The minimum atomic E-state index is 0.0800. The van der Waals surface area contributed by atoms with Gasteiger partial charge in [0.1, 0.15) is 0 Å². The Morgan fingerprint density at radius 2 is 2.08 bits per heavy atom. The van der Waals surface area contributed by atoms with E-state index in [9.17, 15) is 0 Å². The lowest BCUT2D eigenvalue weighted by Crippen LogP contribution is -2.08. The van der Waals surface area contributed by atoms with E-state index in [1.165, 1.54) is 11.1 Å². The van der Waals surface area contributed by atoms with Crippen molar-refractivity contribution in [2.45, 2.75) is 19.6 Å². The van der Waals surface area contributed by atoms with Crippen molar-refractivity contribution < 1.29 is 4.74 Å². The van der Waals surface area contributed by atoms with Gasteiger partial charge in [0.05, 0.1) is 6.61 Å². The van der Waals surface area contributed by atoms with E-state index in [-0.39, 0.29) is 6.04 Å². The molecule has 0 fully saturated rings. The summed E-state index contributed by atoms with van der Waals surface area (Å²) < 4.78 is 5.06. The number of hydrogen-bond acceptors (Lipinski definition) is 2. The quantitative estimate of drug-likeness (QED) is 0.741. The molecule has 0 aromatic heterocycles. The second kappa shape index (κ2) is 4.24. The number of benzene rings is 1. The molecule has 2 N–H and O–H groups in total. The van der Waals surface area contributed by atoms with Gasteiger partial charge in [-0.25, -0.2) is 0 Å². The largest absolute Gasteiger partial charge is 0.380 e. The Morgan fingerprint density at radius 1 is 1.42 bits per heavy atom. The van der Waals surface area contributed by atoms with Gasteiger partial charge in [-0.15, -0.1) is 0 Å². The first-order valence-electron chi connectivity index (χ1n) is 4.08. The van der Waals surface area contributed by atoms with Gasteiger partial charge in [0.15, 0.2) is 0 Å². The molecule has 0 heterocycles. The first kappa shape index (κ1) is 9.23. The Bertz CT molecular complexity index is 245. The van der Waals surface area contributed by atoms with E-state index >= 15 is 0 Å². The van der Waals surface area contributed by atoms with Crippen LogP contribution in [0.25, 0.3) is 0 Å². The highest BCUT2D eigenvalue weighted by Crippen LogP contribution is 2.15. The van der Waals surface area contributed by atoms with Crippen LogP contribution in [0, 0.1) is 0 Å². The van der Waals surface area contributed by atoms with Crippen molar-refractivity contribution in [2.75, 3.05) is 7.11 Å². The zero-order chi connectivity index (χ0) is 8.97.